The number of carboxylic acid groups (broad SMARTS) is 1. The molecule has 2 heterocycles. The van der Waals surface area contributed by atoms with Crippen LogP contribution in [0, 0.1) is 0 Å². The molecule has 1 unspecified atom stereocenters. The Morgan fingerprint density at radius 2 is 2.14 bits per heavy atom. The first-order chi connectivity index (χ1) is 9.55. The second-order valence-electron chi connectivity index (χ2n) is 5.16. The van der Waals surface area contributed by atoms with E-state index in [1.807, 2.05) is 0 Å². The van der Waals surface area contributed by atoms with Crippen molar-refractivity contribution >= 4 is 25.8 Å². The van der Waals surface area contributed by atoms with E-state index in [-0.39, 0.29) is 17.9 Å². The molecule has 1 atom stereocenters. The van der Waals surface area contributed by atoms with Crippen molar-refractivity contribution in [3.05, 3.63) is 24.0 Å². The third-order valence-electron chi connectivity index (χ3n) is 3.15. The lowest BCUT2D eigenvalue weighted by atomic mass is 10.0. The first kappa shape index (κ1) is 15.9. The minimum absolute atomic E-state index is 0.106. The summed E-state index contributed by atoms with van der Waals surface area (Å²) in [7, 11) is -7.48. The predicted octanol–water partition coefficient (Wildman–Crippen LogP) is -0.365. The van der Waals surface area contributed by atoms with E-state index < -0.39 is 42.0 Å². The molecule has 0 saturated carbocycles. The van der Waals surface area contributed by atoms with Crippen molar-refractivity contribution in [1.29, 1.82) is 0 Å². The average Bonchev–Trinajstić information content (AvgIpc) is 2.62. The lowest BCUT2D eigenvalue weighted by Crippen LogP contribution is -2.47. The van der Waals surface area contributed by atoms with Crippen LogP contribution >= 0.6 is 0 Å². The maximum absolute atomic E-state index is 12.3. The van der Waals surface area contributed by atoms with E-state index in [1.54, 1.807) is 0 Å². The summed E-state index contributed by atoms with van der Waals surface area (Å²) >= 11 is 0. The van der Waals surface area contributed by atoms with Crippen LogP contribution in [0.3, 0.4) is 0 Å². The molecular weight excluding hydrogens is 320 g/mol. The van der Waals surface area contributed by atoms with Gasteiger partial charge in [0.1, 0.15) is 4.90 Å². The number of sulfonamides is 1. The summed E-state index contributed by atoms with van der Waals surface area (Å²) in [6.45, 7) is 1.48. The number of hydrogen-bond acceptors (Lipinski definition) is 6. The van der Waals surface area contributed by atoms with Crippen LogP contribution < -0.4 is 4.72 Å². The molecule has 0 spiro atoms. The van der Waals surface area contributed by atoms with Crippen LogP contribution in [-0.4, -0.2) is 49.9 Å². The molecule has 0 bridgehead atoms. The van der Waals surface area contributed by atoms with Crippen molar-refractivity contribution in [1.82, 2.24) is 9.71 Å². The highest BCUT2D eigenvalue weighted by atomic mass is 32.2. The lowest BCUT2D eigenvalue weighted by Gasteiger charge is -2.23. The Morgan fingerprint density at radius 3 is 2.67 bits per heavy atom. The van der Waals surface area contributed by atoms with Gasteiger partial charge in [0.15, 0.2) is 15.5 Å². The number of nitrogens with zero attached hydrogens (tertiary/aromatic N) is 1. The van der Waals surface area contributed by atoms with Gasteiger partial charge in [-0.2, -0.15) is 0 Å². The quantitative estimate of drug-likeness (QED) is 0.768. The van der Waals surface area contributed by atoms with Gasteiger partial charge < -0.3 is 5.11 Å². The van der Waals surface area contributed by atoms with Crippen LogP contribution in [0.5, 0.6) is 0 Å². The van der Waals surface area contributed by atoms with E-state index in [1.165, 1.54) is 19.2 Å². The number of hydrogen-bond donors (Lipinski definition) is 2. The van der Waals surface area contributed by atoms with E-state index >= 15 is 0 Å². The van der Waals surface area contributed by atoms with Gasteiger partial charge in [-0.3, -0.25) is 0 Å². The normalized spacial score (nSPS) is 24.8. The molecule has 1 aliphatic heterocycles. The summed E-state index contributed by atoms with van der Waals surface area (Å²) in [5, 5.41) is 8.99. The van der Waals surface area contributed by atoms with Crippen molar-refractivity contribution in [3.8, 4) is 0 Å². The van der Waals surface area contributed by atoms with Gasteiger partial charge in [-0.05, 0) is 25.5 Å². The fourth-order valence-corrected chi connectivity index (χ4v) is 6.01. The number of sulfone groups is 1. The van der Waals surface area contributed by atoms with Crippen LogP contribution in [0.4, 0.5) is 0 Å². The molecule has 21 heavy (non-hydrogen) atoms. The Hall–Kier alpha value is -1.52. The zero-order valence-electron chi connectivity index (χ0n) is 11.1. The van der Waals surface area contributed by atoms with Crippen LogP contribution in [0.2, 0.25) is 0 Å². The second kappa shape index (κ2) is 5.04. The largest absolute Gasteiger partial charge is 0.476 e. The van der Waals surface area contributed by atoms with Gasteiger partial charge in [0.2, 0.25) is 10.0 Å². The molecule has 2 rings (SSSR count). The molecule has 0 aromatic carbocycles. The van der Waals surface area contributed by atoms with Crippen molar-refractivity contribution in [2.45, 2.75) is 23.8 Å². The predicted molar refractivity (Wildman–Crippen MR) is 73.2 cm³/mol. The fourth-order valence-electron chi connectivity index (χ4n) is 2.24. The SMILES string of the molecule is CC1(NS(=O)(=O)c2cccnc2C(=O)O)CCS(=O)(=O)C1. The lowest BCUT2D eigenvalue weighted by molar-refractivity contribution is 0.0685. The van der Waals surface area contributed by atoms with Crippen LogP contribution in [0.25, 0.3) is 0 Å². The van der Waals surface area contributed by atoms with Crippen molar-refractivity contribution in [3.63, 3.8) is 0 Å². The second-order valence-corrected chi connectivity index (χ2v) is 9.00. The number of carboxylic acids is 1. The van der Waals surface area contributed by atoms with Gasteiger partial charge in [-0.15, -0.1) is 0 Å². The molecule has 2 N–H and O–H groups in total. The summed E-state index contributed by atoms with van der Waals surface area (Å²) in [5.74, 6) is -1.90. The van der Waals surface area contributed by atoms with Gasteiger partial charge in [0.05, 0.1) is 11.5 Å². The van der Waals surface area contributed by atoms with E-state index in [4.69, 9.17) is 5.11 Å². The molecule has 0 aliphatic carbocycles. The van der Waals surface area contributed by atoms with Crippen molar-refractivity contribution in [2.24, 2.45) is 0 Å². The van der Waals surface area contributed by atoms with E-state index in [0.717, 1.165) is 6.07 Å². The Balaban J connectivity index is 2.39. The third-order valence-corrected chi connectivity index (χ3v) is 6.72. The molecule has 116 valence electrons. The van der Waals surface area contributed by atoms with Crippen molar-refractivity contribution < 1.29 is 26.7 Å². The molecule has 10 heteroatoms. The first-order valence-corrected chi connectivity index (χ1v) is 9.28. The zero-order chi connectivity index (χ0) is 15.9. The minimum atomic E-state index is -4.19. The fraction of sp³-hybridized carbons (Fsp3) is 0.455. The molecular formula is C11H14N2O6S2. The van der Waals surface area contributed by atoms with E-state index in [2.05, 4.69) is 9.71 Å². The maximum atomic E-state index is 12.3. The summed E-state index contributed by atoms with van der Waals surface area (Å²) in [6, 6.07) is 2.42. The highest BCUT2D eigenvalue weighted by Crippen LogP contribution is 2.25. The summed E-state index contributed by atoms with van der Waals surface area (Å²) in [6.07, 6.45) is 1.31. The van der Waals surface area contributed by atoms with Crippen LogP contribution in [-0.2, 0) is 19.9 Å². The third kappa shape index (κ3) is 3.39. The number of pyridine rings is 1. The Kier molecular flexibility index (Phi) is 3.80. The summed E-state index contributed by atoms with van der Waals surface area (Å²) in [5.41, 5.74) is -1.75. The number of aromatic nitrogens is 1. The van der Waals surface area contributed by atoms with Gasteiger partial charge in [0.25, 0.3) is 0 Å². The standard InChI is InChI=1S/C11H14N2O6S2/c1-11(4-6-20(16,17)7-11)13-21(18,19)8-3-2-5-12-9(8)10(14)15/h2-3,5,13H,4,6-7H2,1H3,(H,14,15). The summed E-state index contributed by atoms with van der Waals surface area (Å²) in [4.78, 5) is 14.1. The highest BCUT2D eigenvalue weighted by molar-refractivity contribution is 7.92. The molecule has 1 aliphatic rings. The maximum Gasteiger partial charge on any atom is 0.355 e. The van der Waals surface area contributed by atoms with Gasteiger partial charge >= 0.3 is 5.97 Å². The Morgan fingerprint density at radius 1 is 1.48 bits per heavy atom. The minimum Gasteiger partial charge on any atom is -0.476 e. The summed E-state index contributed by atoms with van der Waals surface area (Å²) < 4.78 is 49.9. The van der Waals surface area contributed by atoms with Crippen LogP contribution in [0.15, 0.2) is 23.2 Å². The van der Waals surface area contributed by atoms with Gasteiger partial charge in [0, 0.05) is 11.7 Å². The zero-order valence-corrected chi connectivity index (χ0v) is 12.7. The molecule has 0 radical (unpaired) electrons. The number of nitrogens with one attached hydrogen (secondary N) is 1. The van der Waals surface area contributed by atoms with Crippen LogP contribution in [0.1, 0.15) is 23.8 Å². The van der Waals surface area contributed by atoms with E-state index in [9.17, 15) is 21.6 Å². The molecule has 1 aromatic heterocycles. The number of aromatic carboxylic acids is 1. The Labute approximate surface area is 122 Å². The highest BCUT2D eigenvalue weighted by Gasteiger charge is 2.42. The molecule has 0 amide bonds. The van der Waals surface area contributed by atoms with Gasteiger partial charge in [-0.1, -0.05) is 0 Å². The smallest absolute Gasteiger partial charge is 0.355 e. The number of rotatable bonds is 4. The molecule has 1 fully saturated rings. The molecule has 8 nitrogen and oxygen atoms in total. The average molecular weight is 334 g/mol. The Bertz CT molecular complexity index is 787. The topological polar surface area (TPSA) is 130 Å². The number of carbonyl (C=O) groups is 1. The first-order valence-electron chi connectivity index (χ1n) is 5.97. The molecule has 1 saturated heterocycles. The monoisotopic (exact) mass is 334 g/mol. The van der Waals surface area contributed by atoms with Crippen molar-refractivity contribution in [2.75, 3.05) is 11.5 Å². The molecule has 1 aromatic rings. The van der Waals surface area contributed by atoms with E-state index in [0.29, 0.717) is 0 Å². The van der Waals surface area contributed by atoms with Gasteiger partial charge in [-0.25, -0.2) is 31.3 Å².